The molecule has 22 heavy (non-hydrogen) atoms. The van der Waals surface area contributed by atoms with Crippen molar-refractivity contribution in [3.8, 4) is 0 Å². The summed E-state index contributed by atoms with van der Waals surface area (Å²) in [6.45, 7) is 5.71. The van der Waals surface area contributed by atoms with Crippen LogP contribution in [0.25, 0.3) is 0 Å². The Morgan fingerprint density at radius 2 is 2.18 bits per heavy atom. The standard InChI is InChI=1S/C15H25N5O2/c1-3-12(14-17-8-10(2)18-14)19-15(22)11-4-6-20(7-5-11)9-13(16)21/h8,11-12H,3-7,9H2,1-2H3,(H2,16,21)(H,17,18)(H,19,22). The maximum absolute atomic E-state index is 12.4. The lowest BCUT2D eigenvalue weighted by atomic mass is 9.95. The molecule has 1 aliphatic rings. The summed E-state index contributed by atoms with van der Waals surface area (Å²) in [5, 5.41) is 3.08. The first-order valence-corrected chi connectivity index (χ1v) is 7.82. The van der Waals surface area contributed by atoms with Gasteiger partial charge in [0.15, 0.2) is 0 Å². The third-order valence-corrected chi connectivity index (χ3v) is 4.12. The van der Waals surface area contributed by atoms with E-state index in [0.29, 0.717) is 0 Å². The summed E-state index contributed by atoms with van der Waals surface area (Å²) in [6, 6.07) is -0.0788. The first kappa shape index (κ1) is 16.5. The monoisotopic (exact) mass is 307 g/mol. The quantitative estimate of drug-likeness (QED) is 0.711. The second kappa shape index (κ2) is 7.40. The van der Waals surface area contributed by atoms with E-state index < -0.39 is 0 Å². The fourth-order valence-corrected chi connectivity index (χ4v) is 2.84. The van der Waals surface area contributed by atoms with Gasteiger partial charge in [0, 0.05) is 17.8 Å². The molecule has 2 heterocycles. The fourth-order valence-electron chi connectivity index (χ4n) is 2.84. The number of carbonyl (C=O) groups excluding carboxylic acids is 2. The third kappa shape index (κ3) is 4.30. The van der Waals surface area contributed by atoms with E-state index in [9.17, 15) is 9.59 Å². The molecule has 0 saturated carbocycles. The molecule has 1 aromatic rings. The number of hydrogen-bond donors (Lipinski definition) is 3. The molecule has 2 rings (SSSR count). The zero-order chi connectivity index (χ0) is 16.1. The van der Waals surface area contributed by atoms with Crippen molar-refractivity contribution in [3.63, 3.8) is 0 Å². The third-order valence-electron chi connectivity index (χ3n) is 4.12. The van der Waals surface area contributed by atoms with Gasteiger partial charge >= 0.3 is 0 Å². The summed E-state index contributed by atoms with van der Waals surface area (Å²) < 4.78 is 0. The van der Waals surface area contributed by atoms with Gasteiger partial charge in [0.05, 0.1) is 12.6 Å². The summed E-state index contributed by atoms with van der Waals surface area (Å²) in [5.41, 5.74) is 6.19. The number of hydrogen-bond acceptors (Lipinski definition) is 4. The Morgan fingerprint density at radius 1 is 1.50 bits per heavy atom. The second-order valence-electron chi connectivity index (χ2n) is 5.94. The summed E-state index contributed by atoms with van der Waals surface area (Å²) in [6.07, 6.45) is 4.07. The molecule has 0 bridgehead atoms. The average molecular weight is 307 g/mol. The van der Waals surface area contributed by atoms with Gasteiger partial charge in [-0.05, 0) is 39.3 Å². The number of nitrogens with two attached hydrogens (primary N) is 1. The van der Waals surface area contributed by atoms with Gasteiger partial charge in [-0.25, -0.2) is 4.98 Å². The highest BCUT2D eigenvalue weighted by atomic mass is 16.2. The van der Waals surface area contributed by atoms with E-state index in [1.165, 1.54) is 0 Å². The highest BCUT2D eigenvalue weighted by Gasteiger charge is 2.27. The number of nitrogens with one attached hydrogen (secondary N) is 2. The number of rotatable bonds is 6. The Balaban J connectivity index is 1.85. The largest absolute Gasteiger partial charge is 0.369 e. The van der Waals surface area contributed by atoms with Gasteiger partial charge in [-0.1, -0.05) is 6.92 Å². The lowest BCUT2D eigenvalue weighted by Crippen LogP contribution is -2.44. The van der Waals surface area contributed by atoms with Crippen molar-refractivity contribution >= 4 is 11.8 Å². The van der Waals surface area contributed by atoms with Crippen molar-refractivity contribution in [2.45, 2.75) is 39.2 Å². The number of imidazole rings is 1. The molecule has 0 aliphatic carbocycles. The number of carbonyl (C=O) groups is 2. The van der Waals surface area contributed by atoms with Crippen LogP contribution in [0.4, 0.5) is 0 Å². The number of H-pyrrole nitrogens is 1. The number of piperidine rings is 1. The topological polar surface area (TPSA) is 104 Å². The first-order chi connectivity index (χ1) is 10.5. The molecule has 1 aromatic heterocycles. The predicted molar refractivity (Wildman–Crippen MR) is 82.9 cm³/mol. The SMILES string of the molecule is CCC(NC(=O)C1CCN(CC(N)=O)CC1)c1ncc(C)[nH]1. The first-order valence-electron chi connectivity index (χ1n) is 7.82. The molecule has 1 fully saturated rings. The number of likely N-dealkylation sites (tertiary alicyclic amines) is 1. The van der Waals surface area contributed by atoms with Crippen LogP contribution in [0.15, 0.2) is 6.20 Å². The molecule has 1 aliphatic heterocycles. The van der Waals surface area contributed by atoms with Crippen molar-refractivity contribution in [1.29, 1.82) is 0 Å². The van der Waals surface area contributed by atoms with E-state index >= 15 is 0 Å². The summed E-state index contributed by atoms with van der Waals surface area (Å²) in [7, 11) is 0. The molecule has 7 heteroatoms. The molecule has 1 unspecified atom stereocenters. The van der Waals surface area contributed by atoms with Crippen molar-refractivity contribution in [2.75, 3.05) is 19.6 Å². The molecule has 1 saturated heterocycles. The van der Waals surface area contributed by atoms with Gasteiger partial charge in [-0.2, -0.15) is 0 Å². The molecule has 1 atom stereocenters. The summed E-state index contributed by atoms with van der Waals surface area (Å²) in [4.78, 5) is 32.8. The fraction of sp³-hybridized carbons (Fsp3) is 0.667. The van der Waals surface area contributed by atoms with Crippen molar-refractivity contribution in [3.05, 3.63) is 17.7 Å². The number of primary amides is 1. The maximum Gasteiger partial charge on any atom is 0.231 e. The summed E-state index contributed by atoms with van der Waals surface area (Å²) in [5.74, 6) is 0.551. The van der Waals surface area contributed by atoms with Gasteiger partial charge < -0.3 is 16.0 Å². The van der Waals surface area contributed by atoms with E-state index in [0.717, 1.165) is 43.9 Å². The lowest BCUT2D eigenvalue weighted by Gasteiger charge is -2.31. The number of aromatic amines is 1. The van der Waals surface area contributed by atoms with Crippen LogP contribution >= 0.6 is 0 Å². The number of nitrogens with zero attached hydrogens (tertiary/aromatic N) is 2. The molecule has 0 spiro atoms. The van der Waals surface area contributed by atoms with E-state index in [1.807, 2.05) is 18.7 Å². The molecule has 122 valence electrons. The average Bonchev–Trinajstić information content (AvgIpc) is 2.91. The molecule has 2 amide bonds. The molecule has 0 aromatic carbocycles. The minimum atomic E-state index is -0.317. The highest BCUT2D eigenvalue weighted by Crippen LogP contribution is 2.20. The van der Waals surface area contributed by atoms with Crippen LogP contribution in [0.1, 0.15) is 43.7 Å². The zero-order valence-corrected chi connectivity index (χ0v) is 13.3. The smallest absolute Gasteiger partial charge is 0.231 e. The van der Waals surface area contributed by atoms with Crippen molar-refractivity contribution < 1.29 is 9.59 Å². The van der Waals surface area contributed by atoms with E-state index in [-0.39, 0.29) is 30.3 Å². The normalized spacial score (nSPS) is 18.1. The maximum atomic E-state index is 12.4. The van der Waals surface area contributed by atoms with Crippen LogP contribution in [-0.2, 0) is 9.59 Å². The number of aromatic nitrogens is 2. The van der Waals surface area contributed by atoms with E-state index in [4.69, 9.17) is 5.73 Å². The minimum absolute atomic E-state index is 0.00534. The van der Waals surface area contributed by atoms with Crippen molar-refractivity contribution in [1.82, 2.24) is 20.2 Å². The predicted octanol–water partition coefficient (Wildman–Crippen LogP) is 0.483. The van der Waals surface area contributed by atoms with E-state index in [2.05, 4.69) is 15.3 Å². The van der Waals surface area contributed by atoms with Gasteiger partial charge in [-0.3, -0.25) is 14.5 Å². The highest BCUT2D eigenvalue weighted by molar-refractivity contribution is 5.79. The Labute approximate surface area is 130 Å². The van der Waals surface area contributed by atoms with Crippen LogP contribution in [0.5, 0.6) is 0 Å². The number of amides is 2. The minimum Gasteiger partial charge on any atom is -0.369 e. The van der Waals surface area contributed by atoms with E-state index in [1.54, 1.807) is 6.20 Å². The van der Waals surface area contributed by atoms with Crippen LogP contribution in [-0.4, -0.2) is 46.3 Å². The summed E-state index contributed by atoms with van der Waals surface area (Å²) >= 11 is 0. The van der Waals surface area contributed by atoms with Crippen LogP contribution in [0.2, 0.25) is 0 Å². The second-order valence-corrected chi connectivity index (χ2v) is 5.94. The molecule has 7 nitrogen and oxygen atoms in total. The Kier molecular flexibility index (Phi) is 5.54. The van der Waals surface area contributed by atoms with Gasteiger partial charge in [0.1, 0.15) is 5.82 Å². The Bertz CT molecular complexity index is 520. The Morgan fingerprint density at radius 3 is 2.68 bits per heavy atom. The molecule has 0 radical (unpaired) electrons. The van der Waals surface area contributed by atoms with Crippen LogP contribution in [0.3, 0.4) is 0 Å². The van der Waals surface area contributed by atoms with Crippen LogP contribution in [0, 0.1) is 12.8 Å². The number of aryl methyl sites for hydroxylation is 1. The zero-order valence-electron chi connectivity index (χ0n) is 13.3. The lowest BCUT2D eigenvalue weighted by molar-refractivity contribution is -0.127. The molecular weight excluding hydrogens is 282 g/mol. The van der Waals surface area contributed by atoms with Gasteiger partial charge in [0.2, 0.25) is 11.8 Å². The van der Waals surface area contributed by atoms with Crippen molar-refractivity contribution in [2.24, 2.45) is 11.7 Å². The van der Waals surface area contributed by atoms with Gasteiger partial charge in [-0.15, -0.1) is 0 Å². The molecular formula is C15H25N5O2. The van der Waals surface area contributed by atoms with Gasteiger partial charge in [0.25, 0.3) is 0 Å². The Hall–Kier alpha value is -1.89. The van der Waals surface area contributed by atoms with Crippen LogP contribution < -0.4 is 11.1 Å². The molecule has 4 N–H and O–H groups in total.